The van der Waals surface area contributed by atoms with Crippen molar-refractivity contribution in [1.29, 1.82) is 0 Å². The summed E-state index contributed by atoms with van der Waals surface area (Å²) in [5, 5.41) is 8.20. The Kier molecular flexibility index (Phi) is 3.35. The predicted molar refractivity (Wildman–Crippen MR) is 93.6 cm³/mol. The van der Waals surface area contributed by atoms with Gasteiger partial charge in [0.1, 0.15) is 0 Å². The van der Waals surface area contributed by atoms with Crippen molar-refractivity contribution >= 4 is 5.65 Å². The van der Waals surface area contributed by atoms with Crippen molar-refractivity contribution in [2.24, 2.45) is 0 Å². The zero-order valence-corrected chi connectivity index (χ0v) is 13.6. The number of benzene rings is 1. The third-order valence-electron chi connectivity index (χ3n) is 5.19. The van der Waals surface area contributed by atoms with E-state index in [1.165, 1.54) is 18.4 Å². The molecule has 2 bridgehead atoms. The van der Waals surface area contributed by atoms with Gasteiger partial charge in [-0.05, 0) is 18.4 Å². The van der Waals surface area contributed by atoms with E-state index in [2.05, 4.69) is 33.6 Å². The first kappa shape index (κ1) is 14.1. The summed E-state index contributed by atoms with van der Waals surface area (Å²) in [6, 6.07) is 11.7. The molecule has 2 saturated heterocycles. The number of rotatable bonds is 3. The van der Waals surface area contributed by atoms with Gasteiger partial charge in [-0.3, -0.25) is 4.90 Å². The maximum absolute atomic E-state index is 4.69. The van der Waals surface area contributed by atoms with Crippen LogP contribution in [0.15, 0.2) is 48.9 Å². The Morgan fingerprint density at radius 3 is 2.62 bits per heavy atom. The molecule has 0 radical (unpaired) electrons. The van der Waals surface area contributed by atoms with Crippen LogP contribution in [-0.4, -0.2) is 44.7 Å². The highest BCUT2D eigenvalue weighted by Gasteiger charge is 2.31. The number of fused-ring (bicyclic) bond motifs is 3. The summed E-state index contributed by atoms with van der Waals surface area (Å²) in [5.41, 5.74) is 4.39. The fourth-order valence-electron chi connectivity index (χ4n) is 4.09. The molecule has 0 amide bonds. The molecule has 2 atom stereocenters. The van der Waals surface area contributed by atoms with Gasteiger partial charge >= 0.3 is 0 Å². The van der Waals surface area contributed by atoms with E-state index < -0.39 is 0 Å². The smallest absolute Gasteiger partial charge is 0.162 e. The van der Waals surface area contributed by atoms with E-state index in [0.29, 0.717) is 12.1 Å². The molecule has 2 aromatic heterocycles. The van der Waals surface area contributed by atoms with Crippen molar-refractivity contribution in [2.75, 3.05) is 13.1 Å². The van der Waals surface area contributed by atoms with Gasteiger partial charge in [0.25, 0.3) is 0 Å². The molecule has 24 heavy (non-hydrogen) atoms. The van der Waals surface area contributed by atoms with E-state index in [1.807, 2.05) is 35.1 Å². The van der Waals surface area contributed by atoms with Crippen molar-refractivity contribution in [3.8, 4) is 11.1 Å². The molecular weight excluding hydrogens is 298 g/mol. The largest absolute Gasteiger partial charge is 0.309 e. The molecule has 122 valence electrons. The summed E-state index contributed by atoms with van der Waals surface area (Å²) < 4.78 is 1.91. The van der Waals surface area contributed by atoms with Crippen molar-refractivity contribution in [2.45, 2.75) is 31.5 Å². The molecule has 2 fully saturated rings. The zero-order chi connectivity index (χ0) is 15.9. The van der Waals surface area contributed by atoms with Crippen LogP contribution >= 0.6 is 0 Å². The SMILES string of the molecule is c1ccc(-c2cnn3cc(CN4C[C@H]5CC[C@@H](C4)N5)cnc23)cc1. The molecule has 5 heteroatoms. The van der Waals surface area contributed by atoms with E-state index >= 15 is 0 Å². The minimum atomic E-state index is 0.676. The number of likely N-dealkylation sites (tertiary alicyclic amines) is 1. The van der Waals surface area contributed by atoms with Crippen LogP contribution in [0.1, 0.15) is 18.4 Å². The minimum absolute atomic E-state index is 0.676. The highest BCUT2D eigenvalue weighted by molar-refractivity contribution is 5.76. The molecule has 1 aromatic carbocycles. The second-order valence-corrected chi connectivity index (χ2v) is 6.99. The maximum atomic E-state index is 4.69. The van der Waals surface area contributed by atoms with Crippen LogP contribution in [-0.2, 0) is 6.54 Å². The summed E-state index contributed by atoms with van der Waals surface area (Å²) in [7, 11) is 0. The molecule has 0 saturated carbocycles. The Hall–Kier alpha value is -2.24. The van der Waals surface area contributed by atoms with Crippen LogP contribution in [0.2, 0.25) is 0 Å². The molecule has 0 spiro atoms. The van der Waals surface area contributed by atoms with Crippen molar-refractivity contribution < 1.29 is 0 Å². The first-order valence-electron chi connectivity index (χ1n) is 8.71. The van der Waals surface area contributed by atoms with Gasteiger partial charge in [0.15, 0.2) is 5.65 Å². The van der Waals surface area contributed by atoms with Crippen molar-refractivity contribution in [3.05, 3.63) is 54.5 Å². The van der Waals surface area contributed by atoms with Crippen LogP contribution < -0.4 is 5.32 Å². The average Bonchev–Trinajstić information content (AvgIpc) is 3.18. The summed E-state index contributed by atoms with van der Waals surface area (Å²) in [4.78, 5) is 7.24. The standard InChI is InChI=1S/C19H21N5/c1-2-4-15(5-3-1)18-9-21-24-11-14(8-20-19(18)24)10-23-12-16-6-7-17(13-23)22-16/h1-5,8-9,11,16-17,22H,6-7,10,12-13H2/t16-,17+. The normalized spacial score (nSPS) is 23.8. The number of aromatic nitrogens is 3. The predicted octanol–water partition coefficient (Wildman–Crippen LogP) is 2.33. The number of hydrogen-bond acceptors (Lipinski definition) is 4. The highest BCUT2D eigenvalue weighted by Crippen LogP contribution is 2.24. The van der Waals surface area contributed by atoms with Gasteiger partial charge < -0.3 is 5.32 Å². The maximum Gasteiger partial charge on any atom is 0.162 e. The van der Waals surface area contributed by atoms with Gasteiger partial charge in [-0.2, -0.15) is 5.10 Å². The third-order valence-corrected chi connectivity index (χ3v) is 5.19. The van der Waals surface area contributed by atoms with E-state index in [4.69, 9.17) is 4.98 Å². The molecule has 4 heterocycles. The molecule has 1 N–H and O–H groups in total. The topological polar surface area (TPSA) is 45.5 Å². The molecule has 5 nitrogen and oxygen atoms in total. The lowest BCUT2D eigenvalue weighted by molar-refractivity contribution is 0.188. The van der Waals surface area contributed by atoms with Crippen molar-refractivity contribution in [1.82, 2.24) is 24.8 Å². The number of nitrogens with one attached hydrogen (secondary N) is 1. The van der Waals surface area contributed by atoms with E-state index in [9.17, 15) is 0 Å². The molecule has 2 aliphatic rings. The second kappa shape index (κ2) is 5.69. The first-order valence-corrected chi connectivity index (χ1v) is 8.71. The second-order valence-electron chi connectivity index (χ2n) is 6.99. The van der Waals surface area contributed by atoms with Crippen LogP contribution in [0.4, 0.5) is 0 Å². The molecular formula is C19H21N5. The van der Waals surface area contributed by atoms with Gasteiger partial charge in [-0.15, -0.1) is 0 Å². The minimum Gasteiger partial charge on any atom is -0.309 e. The molecule has 2 aliphatic heterocycles. The van der Waals surface area contributed by atoms with Crippen LogP contribution in [0.25, 0.3) is 16.8 Å². The number of hydrogen-bond donors (Lipinski definition) is 1. The lowest BCUT2D eigenvalue weighted by Gasteiger charge is -2.32. The zero-order valence-electron chi connectivity index (χ0n) is 13.6. The van der Waals surface area contributed by atoms with Gasteiger partial charge in [-0.1, -0.05) is 30.3 Å². The molecule has 0 aliphatic carbocycles. The summed E-state index contributed by atoms with van der Waals surface area (Å²) in [6.45, 7) is 3.24. The quantitative estimate of drug-likeness (QED) is 0.805. The first-order chi connectivity index (χ1) is 11.8. The Bertz CT molecular complexity index is 845. The van der Waals surface area contributed by atoms with Gasteiger partial charge in [0.2, 0.25) is 0 Å². The van der Waals surface area contributed by atoms with Gasteiger partial charge in [-0.25, -0.2) is 9.50 Å². The Morgan fingerprint density at radius 2 is 1.83 bits per heavy atom. The van der Waals surface area contributed by atoms with Crippen molar-refractivity contribution in [3.63, 3.8) is 0 Å². The Labute approximate surface area is 141 Å². The Morgan fingerprint density at radius 1 is 1.04 bits per heavy atom. The highest BCUT2D eigenvalue weighted by atomic mass is 15.3. The van der Waals surface area contributed by atoms with E-state index in [0.717, 1.165) is 36.4 Å². The fourth-order valence-corrected chi connectivity index (χ4v) is 4.09. The monoisotopic (exact) mass is 319 g/mol. The summed E-state index contributed by atoms with van der Waals surface area (Å²) >= 11 is 0. The summed E-state index contributed by atoms with van der Waals surface area (Å²) in [6.07, 6.45) is 8.68. The van der Waals surface area contributed by atoms with Crippen LogP contribution in [0, 0.1) is 0 Å². The van der Waals surface area contributed by atoms with Gasteiger partial charge in [0.05, 0.1) is 6.20 Å². The fraction of sp³-hybridized carbons (Fsp3) is 0.368. The van der Waals surface area contributed by atoms with Crippen LogP contribution in [0.5, 0.6) is 0 Å². The van der Waals surface area contributed by atoms with E-state index in [1.54, 1.807) is 0 Å². The molecule has 3 aromatic rings. The number of piperazine rings is 1. The Balaban J connectivity index is 1.41. The summed E-state index contributed by atoms with van der Waals surface area (Å²) in [5.74, 6) is 0. The van der Waals surface area contributed by atoms with Gasteiger partial charge in [0, 0.05) is 55.2 Å². The lowest BCUT2D eigenvalue weighted by Crippen LogP contribution is -2.50. The molecule has 5 rings (SSSR count). The lowest BCUT2D eigenvalue weighted by atomic mass is 10.1. The number of nitrogens with zero attached hydrogens (tertiary/aromatic N) is 4. The average molecular weight is 319 g/mol. The third kappa shape index (κ3) is 2.50. The van der Waals surface area contributed by atoms with E-state index in [-0.39, 0.29) is 0 Å². The van der Waals surface area contributed by atoms with Crippen LogP contribution in [0.3, 0.4) is 0 Å². The molecule has 0 unspecified atom stereocenters.